The summed E-state index contributed by atoms with van der Waals surface area (Å²) in [6, 6.07) is 11.0. The maximum atomic E-state index is 14.5. The zero-order valence-corrected chi connectivity index (χ0v) is 19.3. The highest BCUT2D eigenvalue weighted by Crippen LogP contribution is 2.47. The van der Waals surface area contributed by atoms with E-state index in [2.05, 4.69) is 5.09 Å². The first-order valence-corrected chi connectivity index (χ1v) is 11.6. The molecule has 2 rings (SSSR count). The second-order valence-electron chi connectivity index (χ2n) is 7.47. The molecule has 0 saturated heterocycles. The number of ether oxygens (including phenoxy) is 1. The van der Waals surface area contributed by atoms with Crippen LogP contribution in [0.15, 0.2) is 54.6 Å². The molecule has 176 valence electrons. The van der Waals surface area contributed by atoms with Gasteiger partial charge in [0.25, 0.3) is 5.85 Å². The van der Waals surface area contributed by atoms with E-state index in [0.29, 0.717) is 5.39 Å². The van der Waals surface area contributed by atoms with E-state index in [-0.39, 0.29) is 5.75 Å². The molecule has 2 unspecified atom stereocenters. The zero-order valence-electron chi connectivity index (χ0n) is 18.4. The second-order valence-corrected chi connectivity index (χ2v) is 9.16. The minimum atomic E-state index is -4.44. The molecule has 4 atom stereocenters. The Morgan fingerprint density at radius 3 is 2.53 bits per heavy atom. The molecule has 0 aliphatic carbocycles. The lowest BCUT2D eigenvalue weighted by Gasteiger charge is -2.27. The molecule has 8 nitrogen and oxygen atoms in total. The normalized spacial score (nSPS) is 17.6. The molecule has 0 heterocycles. The zero-order chi connectivity index (χ0) is 23.9. The highest BCUT2D eigenvalue weighted by Gasteiger charge is 2.40. The number of rotatable bonds is 11. The first-order chi connectivity index (χ1) is 15.0. The van der Waals surface area contributed by atoms with Crippen LogP contribution in [0.1, 0.15) is 27.7 Å². The van der Waals surface area contributed by atoms with Gasteiger partial charge in [0.1, 0.15) is 24.5 Å². The number of alkyl halides is 1. The van der Waals surface area contributed by atoms with E-state index in [4.69, 9.17) is 13.8 Å². The number of aliphatic hydroxyl groups is 2. The van der Waals surface area contributed by atoms with Crippen molar-refractivity contribution < 1.29 is 37.7 Å². The summed E-state index contributed by atoms with van der Waals surface area (Å²) in [6.45, 7) is 5.01. The topological polar surface area (TPSA) is 114 Å². The standard InChI is InChI=1S/C22H29FNO7P/c1-5-9-20(25)22(23,27)14-29-32(28,24-16(4)21(26)30-15(2)3)31-19-13-8-11-17-10-6-7-12-18(17)19/h5-13,15-16,20,25,27H,14H2,1-4H3,(H,24,28)/t16?,20-,22+,32?/m0/s1. The van der Waals surface area contributed by atoms with Gasteiger partial charge in [-0.1, -0.05) is 48.6 Å². The predicted molar refractivity (Wildman–Crippen MR) is 119 cm³/mol. The van der Waals surface area contributed by atoms with Gasteiger partial charge in [0.05, 0.1) is 6.10 Å². The third kappa shape index (κ3) is 7.12. The van der Waals surface area contributed by atoms with Crippen molar-refractivity contribution in [2.45, 2.75) is 51.8 Å². The quantitative estimate of drug-likeness (QED) is 0.258. The van der Waals surface area contributed by atoms with Crippen LogP contribution in [0.5, 0.6) is 5.75 Å². The highest BCUT2D eigenvalue weighted by atomic mass is 31.2. The van der Waals surface area contributed by atoms with Gasteiger partial charge in [-0.25, -0.2) is 8.96 Å². The summed E-state index contributed by atoms with van der Waals surface area (Å²) in [5, 5.41) is 23.4. The lowest BCUT2D eigenvalue weighted by atomic mass is 10.1. The SMILES string of the molecule is CC=C[C@H](O)[C@@](O)(F)COP(=O)(NC(C)C(=O)OC(C)C)Oc1cccc2ccccc12. The number of allylic oxidation sites excluding steroid dienone is 1. The molecule has 3 N–H and O–H groups in total. The van der Waals surface area contributed by atoms with Gasteiger partial charge in [-0.05, 0) is 39.1 Å². The van der Waals surface area contributed by atoms with Gasteiger partial charge in [0.2, 0.25) is 0 Å². The molecule has 0 fully saturated rings. The molecule has 0 aliphatic rings. The fraction of sp³-hybridized carbons (Fsp3) is 0.409. The Morgan fingerprint density at radius 2 is 1.88 bits per heavy atom. The van der Waals surface area contributed by atoms with E-state index in [1.165, 1.54) is 26.0 Å². The Labute approximate surface area is 186 Å². The molecular weight excluding hydrogens is 440 g/mol. The Balaban J connectivity index is 2.33. The van der Waals surface area contributed by atoms with E-state index in [9.17, 15) is 24.0 Å². The van der Waals surface area contributed by atoms with Crippen LogP contribution >= 0.6 is 7.75 Å². The summed E-state index contributed by atoms with van der Waals surface area (Å²) in [5.74, 6) is -3.83. The van der Waals surface area contributed by atoms with Crippen LogP contribution < -0.4 is 9.61 Å². The van der Waals surface area contributed by atoms with Crippen LogP contribution in [-0.4, -0.2) is 46.9 Å². The van der Waals surface area contributed by atoms with Crippen molar-refractivity contribution in [2.75, 3.05) is 6.61 Å². The van der Waals surface area contributed by atoms with Gasteiger partial charge in [0, 0.05) is 5.39 Å². The number of aliphatic hydroxyl groups excluding tert-OH is 1. The van der Waals surface area contributed by atoms with E-state index in [0.717, 1.165) is 11.5 Å². The molecule has 0 radical (unpaired) electrons. The summed E-state index contributed by atoms with van der Waals surface area (Å²) >= 11 is 0. The van der Waals surface area contributed by atoms with E-state index >= 15 is 0 Å². The molecule has 32 heavy (non-hydrogen) atoms. The fourth-order valence-electron chi connectivity index (χ4n) is 2.71. The largest absolute Gasteiger partial charge is 0.462 e. The lowest BCUT2D eigenvalue weighted by molar-refractivity contribution is -0.173. The van der Waals surface area contributed by atoms with Crippen molar-refractivity contribution in [3.05, 3.63) is 54.6 Å². The van der Waals surface area contributed by atoms with Crippen LogP contribution in [0.2, 0.25) is 0 Å². The Morgan fingerprint density at radius 1 is 1.22 bits per heavy atom. The summed E-state index contributed by atoms with van der Waals surface area (Å²) in [4.78, 5) is 12.2. The molecule has 0 amide bonds. The highest BCUT2D eigenvalue weighted by molar-refractivity contribution is 7.52. The molecule has 10 heteroatoms. The van der Waals surface area contributed by atoms with Crippen molar-refractivity contribution in [3.8, 4) is 5.75 Å². The van der Waals surface area contributed by atoms with Crippen LogP contribution in [0.3, 0.4) is 0 Å². The second kappa shape index (κ2) is 11.0. The van der Waals surface area contributed by atoms with Crippen LogP contribution in [0, 0.1) is 0 Å². The van der Waals surface area contributed by atoms with Gasteiger partial charge >= 0.3 is 13.7 Å². The Hall–Kier alpha value is -2.29. The predicted octanol–water partition coefficient (Wildman–Crippen LogP) is 3.87. The van der Waals surface area contributed by atoms with Crippen LogP contribution in [0.25, 0.3) is 10.8 Å². The number of carbonyl (C=O) groups is 1. The van der Waals surface area contributed by atoms with Crippen molar-refractivity contribution >= 4 is 24.5 Å². The third-order valence-corrected chi connectivity index (χ3v) is 5.90. The van der Waals surface area contributed by atoms with E-state index in [1.807, 2.05) is 18.2 Å². The minimum absolute atomic E-state index is 0.153. The van der Waals surface area contributed by atoms with Crippen molar-refractivity contribution in [1.82, 2.24) is 5.09 Å². The Bertz CT molecular complexity index is 990. The number of nitrogens with one attached hydrogen (secondary N) is 1. The van der Waals surface area contributed by atoms with Gasteiger partial charge < -0.3 is 19.5 Å². The first kappa shape index (κ1) is 26.0. The minimum Gasteiger partial charge on any atom is -0.462 e. The molecule has 0 aromatic heterocycles. The number of halogens is 1. The molecular formula is C22H29FNO7P. The number of hydrogen-bond donors (Lipinski definition) is 3. The molecule has 0 saturated carbocycles. The number of hydrogen-bond acceptors (Lipinski definition) is 7. The lowest BCUT2D eigenvalue weighted by Crippen LogP contribution is -2.42. The molecule has 0 bridgehead atoms. The smallest absolute Gasteiger partial charge is 0.459 e. The summed E-state index contributed by atoms with van der Waals surface area (Å²) in [5.41, 5.74) is 0. The Kier molecular flexibility index (Phi) is 8.95. The van der Waals surface area contributed by atoms with E-state index < -0.39 is 44.4 Å². The average molecular weight is 469 g/mol. The third-order valence-electron chi connectivity index (χ3n) is 4.29. The van der Waals surface area contributed by atoms with E-state index in [1.54, 1.807) is 32.0 Å². The number of carbonyl (C=O) groups excluding carboxylic acids is 1. The number of fused-ring (bicyclic) bond motifs is 1. The van der Waals surface area contributed by atoms with Gasteiger partial charge in [-0.15, -0.1) is 0 Å². The summed E-state index contributed by atoms with van der Waals surface area (Å²) in [6.07, 6.45) is -0.000633. The fourth-order valence-corrected chi connectivity index (χ4v) is 4.24. The van der Waals surface area contributed by atoms with Crippen molar-refractivity contribution in [2.24, 2.45) is 0 Å². The number of esters is 1. The summed E-state index contributed by atoms with van der Waals surface area (Å²) in [7, 11) is -4.44. The molecule has 2 aromatic carbocycles. The summed E-state index contributed by atoms with van der Waals surface area (Å²) < 4.78 is 43.8. The monoisotopic (exact) mass is 469 g/mol. The molecule has 2 aromatic rings. The van der Waals surface area contributed by atoms with Crippen molar-refractivity contribution in [1.29, 1.82) is 0 Å². The van der Waals surface area contributed by atoms with Crippen molar-refractivity contribution in [3.63, 3.8) is 0 Å². The van der Waals surface area contributed by atoms with Gasteiger partial charge in [-0.2, -0.15) is 5.09 Å². The average Bonchev–Trinajstić information content (AvgIpc) is 2.72. The molecule has 0 aliphatic heterocycles. The maximum absolute atomic E-state index is 14.5. The maximum Gasteiger partial charge on any atom is 0.459 e. The first-order valence-electron chi connectivity index (χ1n) is 10.1. The van der Waals surface area contributed by atoms with Crippen LogP contribution in [0.4, 0.5) is 4.39 Å². The number of benzene rings is 2. The van der Waals surface area contributed by atoms with Gasteiger partial charge in [-0.3, -0.25) is 9.32 Å². The van der Waals surface area contributed by atoms with Gasteiger partial charge in [0.15, 0.2) is 0 Å². The van der Waals surface area contributed by atoms with Crippen LogP contribution in [-0.2, 0) is 18.6 Å². The molecule has 0 spiro atoms.